The number of rotatable bonds is 14. The molecule has 3 N–H and O–H groups in total. The molecule has 2 fully saturated rings. The number of piperidine rings is 2. The number of β-amino-alcohol motifs (C(OH)–C–C–N with tert-alkyl or cyclic N) is 2. The van der Waals surface area contributed by atoms with Crippen molar-refractivity contribution in [3.63, 3.8) is 0 Å². The molecule has 11 rings (SSSR count). The van der Waals surface area contributed by atoms with Gasteiger partial charge < -0.3 is 48.8 Å². The number of allylic oxidation sites excluding steroid dienone is 2. The number of thioether (sulfide) groups is 2. The average Bonchev–Trinajstić information content (AvgIpc) is 3.59. The van der Waals surface area contributed by atoms with Crippen LogP contribution < -0.4 is 9.47 Å². The number of carboxylic acid groups (broad SMARTS) is 1. The molecule has 2 saturated heterocycles. The summed E-state index contributed by atoms with van der Waals surface area (Å²) in [4.78, 5) is 78.7. The van der Waals surface area contributed by atoms with Crippen molar-refractivity contribution < 1.29 is 67.8 Å². The second-order valence-electron chi connectivity index (χ2n) is 19.8. The quantitative estimate of drug-likeness (QED) is 0.0731. The second-order valence-corrected chi connectivity index (χ2v) is 21.8. The number of aliphatic hydroxyl groups excluding tert-OH is 2. The number of Topliss-reactive ketones (excluding diaryl/α,β-unsaturated/α-hetero) is 4. The first-order chi connectivity index (χ1) is 37.3. The van der Waals surface area contributed by atoms with Crippen LogP contribution in [-0.2, 0) is 30.4 Å². The Hall–Kier alpha value is -7.06. The van der Waals surface area contributed by atoms with Crippen molar-refractivity contribution in [1.29, 1.82) is 0 Å². The SMILES string of the molecule is O=C1C(=O)c2ccccc2C2=C1SCC1(CCN(C[C@H](O)COc3ccc(C(=O)O)cc3)CC1)O2.O=C1C(=O)c2ccccc2C2=C1SCC1(CCN(C[C@H](O)COc3ccc(C(=O)OCc4ccccc4)cc3)CC1)O2. The first-order valence-electron chi connectivity index (χ1n) is 25.5. The number of hydrogen-bond acceptors (Lipinski definition) is 17. The molecule has 5 aromatic carbocycles. The monoisotopic (exact) mass is 1080 g/mol. The van der Waals surface area contributed by atoms with Crippen LogP contribution in [0.3, 0.4) is 0 Å². The molecule has 2 atom stereocenters. The van der Waals surface area contributed by atoms with E-state index in [-0.39, 0.29) is 25.4 Å². The first-order valence-corrected chi connectivity index (χ1v) is 27.4. The van der Waals surface area contributed by atoms with Crippen LogP contribution in [0.25, 0.3) is 11.5 Å². The highest BCUT2D eigenvalue weighted by molar-refractivity contribution is 8.04. The molecule has 398 valence electrons. The zero-order chi connectivity index (χ0) is 53.7. The highest BCUT2D eigenvalue weighted by atomic mass is 32.2. The summed E-state index contributed by atoms with van der Waals surface area (Å²) < 4.78 is 29.7. The maximum Gasteiger partial charge on any atom is 0.338 e. The molecule has 18 heteroatoms. The lowest BCUT2D eigenvalue weighted by atomic mass is 9.90. The summed E-state index contributed by atoms with van der Waals surface area (Å²) in [6.45, 7) is 4.24. The third-order valence-electron chi connectivity index (χ3n) is 14.4. The van der Waals surface area contributed by atoms with Crippen LogP contribution in [0.5, 0.6) is 11.5 Å². The molecular weight excluding hydrogens is 1020 g/mol. The molecular formula is C59H56N2O14S2. The number of ketones is 4. The molecule has 6 aliphatic rings. The maximum atomic E-state index is 12.7. The molecule has 2 aliphatic carbocycles. The molecule has 0 saturated carbocycles. The van der Waals surface area contributed by atoms with Crippen LogP contribution in [0.4, 0.5) is 0 Å². The van der Waals surface area contributed by atoms with Crippen molar-refractivity contribution in [2.75, 3.05) is 64.0 Å². The fourth-order valence-corrected chi connectivity index (χ4v) is 12.6. The molecule has 16 nitrogen and oxygen atoms in total. The van der Waals surface area contributed by atoms with E-state index in [9.17, 15) is 39.0 Å². The van der Waals surface area contributed by atoms with Gasteiger partial charge in [-0.2, -0.15) is 0 Å². The molecule has 77 heavy (non-hydrogen) atoms. The summed E-state index contributed by atoms with van der Waals surface area (Å²) in [5.41, 5.74) is 2.87. The third-order valence-corrected chi connectivity index (χ3v) is 17.1. The average molecular weight is 1080 g/mol. The van der Waals surface area contributed by atoms with Crippen molar-refractivity contribution in [2.45, 2.75) is 55.7 Å². The number of carbonyl (C=O) groups is 6. The summed E-state index contributed by atoms with van der Waals surface area (Å²) in [5.74, 6) is 0.0118. The minimum absolute atomic E-state index is 0.101. The smallest absolute Gasteiger partial charge is 0.338 e. The standard InChI is InChI=1S/C33H31NO7S.C26H25NO7S/c35-24(20-39-25-12-10-23(11-13-25)32(38)40-19-22-6-2-1-3-7-22)18-34-16-14-33(15-17-34)21-42-31-29(37)28(36)26-8-4-5-9-27(26)30(31)41-33;28-17(14-33-18-7-5-16(6-8-18)25(31)32)13-27-11-9-26(10-12-27)15-35-24-22(30)21(29)19-3-1-2-4-20(19)23(24)34-26/h1-13,24,35H,14-21H2;1-8,17,28H,9-15H2,(H,31,32)/t24-;17-/m00/s1. The Kier molecular flexibility index (Phi) is 16.1. The zero-order valence-corrected chi connectivity index (χ0v) is 43.6. The van der Waals surface area contributed by atoms with Crippen LogP contribution >= 0.6 is 23.5 Å². The van der Waals surface area contributed by atoms with Gasteiger partial charge in [-0.1, -0.05) is 78.9 Å². The Bertz CT molecular complexity index is 3130. The van der Waals surface area contributed by atoms with Crippen LogP contribution in [0.2, 0.25) is 0 Å². The topological polar surface area (TPSA) is 216 Å². The maximum absolute atomic E-state index is 12.7. The van der Waals surface area contributed by atoms with E-state index < -0.39 is 58.5 Å². The predicted molar refractivity (Wildman–Crippen MR) is 288 cm³/mol. The van der Waals surface area contributed by atoms with Gasteiger partial charge in [0.15, 0.2) is 0 Å². The largest absolute Gasteiger partial charge is 0.491 e. The minimum atomic E-state index is -1.000. The Morgan fingerprint density at radius 2 is 0.935 bits per heavy atom. The van der Waals surface area contributed by atoms with Crippen LogP contribution in [0.1, 0.15) is 83.8 Å². The summed E-state index contributed by atoms with van der Waals surface area (Å²) in [5, 5.41) is 30.1. The number of nitrogens with zero attached hydrogens (tertiary/aromatic N) is 2. The number of esters is 1. The molecule has 0 amide bonds. The zero-order valence-electron chi connectivity index (χ0n) is 41.9. The van der Waals surface area contributed by atoms with E-state index in [4.69, 9.17) is 28.8 Å². The number of likely N-dealkylation sites (tertiary alicyclic amines) is 2. The second kappa shape index (κ2) is 23.3. The molecule has 0 radical (unpaired) electrons. The lowest BCUT2D eigenvalue weighted by Crippen LogP contribution is -2.51. The van der Waals surface area contributed by atoms with Gasteiger partial charge in [0.25, 0.3) is 0 Å². The van der Waals surface area contributed by atoms with Gasteiger partial charge in [0, 0.05) is 98.7 Å². The van der Waals surface area contributed by atoms with Gasteiger partial charge in [-0.3, -0.25) is 19.2 Å². The van der Waals surface area contributed by atoms with E-state index in [0.29, 0.717) is 85.2 Å². The number of ether oxygens (including phenoxy) is 5. The Morgan fingerprint density at radius 3 is 1.36 bits per heavy atom. The first kappa shape index (κ1) is 53.3. The summed E-state index contributed by atoms with van der Waals surface area (Å²) in [6, 6.07) is 36.5. The third kappa shape index (κ3) is 12.1. The summed E-state index contributed by atoms with van der Waals surface area (Å²) in [6.07, 6.45) is 1.58. The molecule has 5 aromatic rings. The number of benzene rings is 5. The number of aliphatic hydroxyl groups is 2. The van der Waals surface area contributed by atoms with Gasteiger partial charge in [-0.25, -0.2) is 9.59 Å². The summed E-state index contributed by atoms with van der Waals surface area (Å²) >= 11 is 2.83. The van der Waals surface area contributed by atoms with E-state index in [0.717, 1.165) is 57.4 Å². The molecule has 0 unspecified atom stereocenters. The van der Waals surface area contributed by atoms with Crippen molar-refractivity contribution in [2.24, 2.45) is 0 Å². The normalized spacial score (nSPS) is 19.3. The van der Waals surface area contributed by atoms with E-state index >= 15 is 0 Å². The molecule has 0 bridgehead atoms. The number of fused-ring (bicyclic) bond motifs is 4. The molecule has 4 heterocycles. The number of carboxylic acids is 1. The van der Waals surface area contributed by atoms with E-state index in [1.165, 1.54) is 35.7 Å². The predicted octanol–water partition coefficient (Wildman–Crippen LogP) is 7.37. The van der Waals surface area contributed by atoms with Gasteiger partial charge in [-0.15, -0.1) is 23.5 Å². The highest BCUT2D eigenvalue weighted by Gasteiger charge is 2.48. The molecule has 0 aromatic heterocycles. The van der Waals surface area contributed by atoms with Crippen molar-refractivity contribution >= 4 is 70.1 Å². The van der Waals surface area contributed by atoms with Crippen molar-refractivity contribution in [1.82, 2.24) is 9.80 Å². The summed E-state index contributed by atoms with van der Waals surface area (Å²) in [7, 11) is 0. The highest BCUT2D eigenvalue weighted by Crippen LogP contribution is 2.49. The van der Waals surface area contributed by atoms with Gasteiger partial charge >= 0.3 is 11.9 Å². The van der Waals surface area contributed by atoms with Gasteiger partial charge in [0.1, 0.15) is 76.1 Å². The van der Waals surface area contributed by atoms with Gasteiger partial charge in [0.05, 0.1) is 11.1 Å². The van der Waals surface area contributed by atoms with Crippen LogP contribution in [0, 0.1) is 0 Å². The lowest BCUT2D eigenvalue weighted by Gasteiger charge is -2.45. The number of aromatic carboxylic acids is 1. The van der Waals surface area contributed by atoms with Crippen molar-refractivity contribution in [3.05, 3.63) is 176 Å². The number of carbonyl (C=O) groups excluding carboxylic acids is 5. The van der Waals surface area contributed by atoms with E-state index in [1.807, 2.05) is 54.6 Å². The fourth-order valence-electron chi connectivity index (χ4n) is 10.1. The van der Waals surface area contributed by atoms with Gasteiger partial charge in [-0.05, 0) is 54.1 Å². The molecule has 4 aliphatic heterocycles. The molecule has 2 spiro atoms. The van der Waals surface area contributed by atoms with E-state index in [1.54, 1.807) is 60.7 Å². The van der Waals surface area contributed by atoms with Crippen LogP contribution in [-0.4, -0.2) is 148 Å². The van der Waals surface area contributed by atoms with Crippen molar-refractivity contribution in [3.8, 4) is 11.5 Å². The Morgan fingerprint density at radius 1 is 0.532 bits per heavy atom. The number of hydrogen-bond donors (Lipinski definition) is 3. The Labute approximate surface area is 453 Å². The fraction of sp³-hybridized carbons (Fsp3) is 0.322. The minimum Gasteiger partial charge on any atom is -0.491 e. The lowest BCUT2D eigenvalue weighted by molar-refractivity contribution is -0.112. The van der Waals surface area contributed by atoms with Crippen LogP contribution in [0.15, 0.2) is 137 Å². The Balaban J connectivity index is 0.000000178. The van der Waals surface area contributed by atoms with Gasteiger partial charge in [0.2, 0.25) is 23.1 Å². The van der Waals surface area contributed by atoms with E-state index in [2.05, 4.69) is 9.80 Å².